The maximum atomic E-state index is 11.0. The van der Waals surface area contributed by atoms with Crippen LogP contribution in [0.4, 0.5) is 5.82 Å². The molecule has 4 atom stereocenters. The van der Waals surface area contributed by atoms with Gasteiger partial charge in [-0.3, -0.25) is 9.09 Å². The number of phosphoric ester groups is 1. The van der Waals surface area contributed by atoms with Gasteiger partial charge in [0, 0.05) is 12.3 Å². The summed E-state index contributed by atoms with van der Waals surface area (Å²) in [5.41, 5.74) is 0.914. The molecule has 12 nitrogen and oxygen atoms in total. The Morgan fingerprint density at radius 2 is 2.03 bits per heavy atom. The van der Waals surface area contributed by atoms with Gasteiger partial charge < -0.3 is 30.1 Å². The molecule has 1 fully saturated rings. The highest BCUT2D eigenvalue weighted by Crippen LogP contribution is 2.39. The molecule has 3 rings (SSSR count). The summed E-state index contributed by atoms with van der Waals surface area (Å²) in [5, 5.41) is 24.6. The average molecular weight is 477 g/mol. The standard InChI is InChI=1S/C17H28N5O7PS/c1-3-5-6-18-14-11-15(21-17(20-14)31-7-4-2)22(9-19-11)16-13(24)12(23)10(29-16)8-28-30(25,26)27/h9-10,12-13,16,23-24H,3-8H2,1-2H3,(H,18,20,21)(H2,25,26,27)/t10-,12-,13-,16-/m1/s1. The maximum absolute atomic E-state index is 11.0. The van der Waals surface area contributed by atoms with Gasteiger partial charge in [0.05, 0.1) is 12.9 Å². The zero-order valence-electron chi connectivity index (χ0n) is 17.3. The smallest absolute Gasteiger partial charge is 0.387 e. The maximum Gasteiger partial charge on any atom is 0.469 e. The van der Waals surface area contributed by atoms with Crippen molar-refractivity contribution in [1.82, 2.24) is 19.5 Å². The molecule has 0 aliphatic carbocycles. The first-order chi connectivity index (χ1) is 14.7. The molecule has 14 heteroatoms. The Hall–Kier alpha value is -1.31. The quantitative estimate of drug-likeness (QED) is 0.136. The second-order valence-corrected chi connectivity index (χ2v) is 9.44. The largest absolute Gasteiger partial charge is 0.469 e. The Bertz CT molecular complexity index is 926. The molecular weight excluding hydrogens is 449 g/mol. The number of hydrogen-bond donors (Lipinski definition) is 5. The second kappa shape index (κ2) is 10.5. The van der Waals surface area contributed by atoms with Crippen molar-refractivity contribution in [3.63, 3.8) is 0 Å². The number of rotatable bonds is 11. The van der Waals surface area contributed by atoms with Crippen LogP contribution in [0.5, 0.6) is 0 Å². The molecule has 1 aliphatic heterocycles. The lowest BCUT2D eigenvalue weighted by Gasteiger charge is -2.17. The van der Waals surface area contributed by atoms with Crippen LogP contribution >= 0.6 is 19.6 Å². The molecule has 0 spiro atoms. The first-order valence-corrected chi connectivity index (χ1v) is 12.6. The number of fused-ring (bicyclic) bond motifs is 1. The van der Waals surface area contributed by atoms with E-state index in [1.54, 1.807) is 0 Å². The van der Waals surface area contributed by atoms with E-state index in [9.17, 15) is 14.8 Å². The lowest BCUT2D eigenvalue weighted by atomic mass is 10.1. The van der Waals surface area contributed by atoms with Gasteiger partial charge in [-0.1, -0.05) is 32.0 Å². The summed E-state index contributed by atoms with van der Waals surface area (Å²) in [6, 6.07) is 0. The van der Waals surface area contributed by atoms with Crippen molar-refractivity contribution >= 4 is 36.6 Å². The van der Waals surface area contributed by atoms with Gasteiger partial charge in [-0.05, 0) is 12.8 Å². The van der Waals surface area contributed by atoms with Crippen molar-refractivity contribution in [3.8, 4) is 0 Å². The van der Waals surface area contributed by atoms with E-state index in [1.165, 1.54) is 22.7 Å². The molecule has 0 radical (unpaired) electrons. The predicted octanol–water partition coefficient (Wildman–Crippen LogP) is 1.27. The molecule has 2 aromatic heterocycles. The first-order valence-electron chi connectivity index (χ1n) is 10.1. The Balaban J connectivity index is 1.90. The molecule has 31 heavy (non-hydrogen) atoms. The molecule has 0 bridgehead atoms. The zero-order chi connectivity index (χ0) is 22.6. The minimum atomic E-state index is -4.74. The molecule has 0 saturated carbocycles. The van der Waals surface area contributed by atoms with Gasteiger partial charge in [-0.25, -0.2) is 19.5 Å². The second-order valence-electron chi connectivity index (χ2n) is 7.14. The van der Waals surface area contributed by atoms with Crippen LogP contribution in [-0.2, 0) is 13.8 Å². The summed E-state index contributed by atoms with van der Waals surface area (Å²) in [5.74, 6) is 1.40. The topological polar surface area (TPSA) is 172 Å². The number of thioether (sulfide) groups is 1. The van der Waals surface area contributed by atoms with Crippen LogP contribution in [0.1, 0.15) is 39.3 Å². The number of unbranched alkanes of at least 4 members (excludes halogenated alkanes) is 1. The number of hydrogen-bond acceptors (Lipinski definition) is 10. The molecule has 174 valence electrons. The summed E-state index contributed by atoms with van der Waals surface area (Å²) in [6.07, 6.45) is -0.622. The fraction of sp³-hybridized carbons (Fsp3) is 0.706. The number of aliphatic hydroxyl groups is 2. The highest BCUT2D eigenvalue weighted by molar-refractivity contribution is 7.99. The van der Waals surface area contributed by atoms with Crippen LogP contribution in [0.25, 0.3) is 11.2 Å². The Morgan fingerprint density at radius 3 is 2.71 bits per heavy atom. The van der Waals surface area contributed by atoms with Crippen molar-refractivity contribution in [2.45, 2.75) is 62.8 Å². The van der Waals surface area contributed by atoms with Crippen molar-refractivity contribution in [2.24, 2.45) is 0 Å². The highest BCUT2D eigenvalue weighted by atomic mass is 32.2. The third-order valence-corrected chi connectivity index (χ3v) is 6.22. The van der Waals surface area contributed by atoms with Crippen molar-refractivity contribution in [3.05, 3.63) is 6.33 Å². The molecule has 3 heterocycles. The normalized spacial score (nSPS) is 24.2. The van der Waals surface area contributed by atoms with Gasteiger partial charge in [0.15, 0.2) is 28.4 Å². The monoisotopic (exact) mass is 477 g/mol. The van der Waals surface area contributed by atoms with E-state index in [1.807, 2.05) is 0 Å². The summed E-state index contributed by atoms with van der Waals surface area (Å²) < 4.78 is 22.5. The molecule has 0 amide bonds. The number of aromatic nitrogens is 4. The van der Waals surface area contributed by atoms with Crippen LogP contribution in [0.3, 0.4) is 0 Å². The molecule has 1 aliphatic rings. The fourth-order valence-corrected chi connectivity index (χ4v) is 4.15. The van der Waals surface area contributed by atoms with Crippen LogP contribution in [0.15, 0.2) is 11.5 Å². The van der Waals surface area contributed by atoms with Gasteiger partial charge in [0.2, 0.25) is 0 Å². The molecular formula is C17H28N5O7PS. The fourth-order valence-electron chi connectivity index (χ4n) is 3.11. The number of ether oxygens (including phenoxy) is 1. The predicted molar refractivity (Wildman–Crippen MR) is 114 cm³/mol. The molecule has 0 aromatic carbocycles. The Kier molecular flexibility index (Phi) is 8.27. The average Bonchev–Trinajstić information content (AvgIpc) is 3.26. The molecule has 2 aromatic rings. The summed E-state index contributed by atoms with van der Waals surface area (Å²) in [7, 11) is -4.74. The van der Waals surface area contributed by atoms with Crippen LogP contribution in [0, 0.1) is 0 Å². The zero-order valence-corrected chi connectivity index (χ0v) is 19.0. The number of nitrogens with zero attached hydrogens (tertiary/aromatic N) is 4. The van der Waals surface area contributed by atoms with E-state index in [-0.39, 0.29) is 0 Å². The van der Waals surface area contributed by atoms with Crippen molar-refractivity contribution < 1.29 is 33.8 Å². The number of nitrogens with one attached hydrogen (secondary N) is 1. The van der Waals surface area contributed by atoms with Crippen LogP contribution in [-0.4, -0.2) is 76.7 Å². The third kappa shape index (κ3) is 5.93. The lowest BCUT2D eigenvalue weighted by molar-refractivity contribution is -0.0504. The first kappa shape index (κ1) is 24.3. The number of phosphoric acid groups is 1. The van der Waals surface area contributed by atoms with Crippen molar-refractivity contribution in [1.29, 1.82) is 0 Å². The van der Waals surface area contributed by atoms with Crippen molar-refractivity contribution in [2.75, 3.05) is 24.2 Å². The Labute approximate surface area is 183 Å². The lowest BCUT2D eigenvalue weighted by Crippen LogP contribution is -2.33. The highest BCUT2D eigenvalue weighted by Gasteiger charge is 2.45. The minimum absolute atomic E-state index is 0.417. The van der Waals surface area contributed by atoms with Gasteiger partial charge >= 0.3 is 7.82 Å². The van der Waals surface area contributed by atoms with Crippen LogP contribution in [0.2, 0.25) is 0 Å². The molecule has 0 unspecified atom stereocenters. The van der Waals surface area contributed by atoms with Crippen LogP contribution < -0.4 is 5.32 Å². The summed E-state index contributed by atoms with van der Waals surface area (Å²) >= 11 is 1.49. The molecule has 5 N–H and O–H groups in total. The van der Waals surface area contributed by atoms with E-state index in [4.69, 9.17) is 14.5 Å². The number of anilines is 1. The summed E-state index contributed by atoms with van der Waals surface area (Å²) in [4.78, 5) is 31.3. The Morgan fingerprint density at radius 1 is 1.26 bits per heavy atom. The van der Waals surface area contributed by atoms with E-state index < -0.39 is 39.0 Å². The van der Waals surface area contributed by atoms with Gasteiger partial charge in [0.25, 0.3) is 0 Å². The molecule has 1 saturated heterocycles. The third-order valence-electron chi connectivity index (χ3n) is 4.68. The minimum Gasteiger partial charge on any atom is -0.387 e. The van der Waals surface area contributed by atoms with E-state index >= 15 is 0 Å². The summed E-state index contributed by atoms with van der Waals surface area (Å²) in [6.45, 7) is 4.28. The van der Waals surface area contributed by atoms with Gasteiger partial charge in [-0.2, -0.15) is 0 Å². The number of aliphatic hydroxyl groups excluding tert-OH is 2. The SMILES string of the molecule is CCCCNc1nc(SCCC)nc2c1ncn2[C@@H]1O[C@H](COP(=O)(O)O)[C@@H](O)[C@H]1O. The van der Waals surface area contributed by atoms with Gasteiger partial charge in [0.1, 0.15) is 18.3 Å². The van der Waals surface area contributed by atoms with E-state index in [0.717, 1.165) is 31.6 Å². The van der Waals surface area contributed by atoms with E-state index in [2.05, 4.69) is 38.6 Å². The van der Waals surface area contributed by atoms with E-state index in [0.29, 0.717) is 22.1 Å². The number of imidazole rings is 1. The van der Waals surface area contributed by atoms with Gasteiger partial charge in [-0.15, -0.1) is 0 Å².